The second-order valence-electron chi connectivity index (χ2n) is 14.5. The monoisotopic (exact) mass is 601 g/mol. The lowest BCUT2D eigenvalue weighted by molar-refractivity contribution is 0.660. The second kappa shape index (κ2) is 9.11. The minimum atomic E-state index is -0.0872. The van der Waals surface area contributed by atoms with E-state index in [1.807, 2.05) is 0 Å². The Bertz CT molecular complexity index is 2470. The van der Waals surface area contributed by atoms with Crippen LogP contribution in [0.1, 0.15) is 49.9 Å². The average Bonchev–Trinajstić information content (AvgIpc) is 3.63. The molecule has 0 saturated heterocycles. The van der Waals surface area contributed by atoms with Crippen molar-refractivity contribution in [3.05, 3.63) is 162 Å². The number of rotatable bonds is 3. The molecule has 7 aromatic rings. The summed E-state index contributed by atoms with van der Waals surface area (Å²) < 4.78 is 0. The van der Waals surface area contributed by atoms with Crippen LogP contribution in [0.25, 0.3) is 55.3 Å². The first-order valence-corrected chi connectivity index (χ1v) is 16.8. The molecule has 0 atom stereocenters. The SMILES string of the molecule is CC1(C)c2ccccc2-c2ccc(N(c3ccc4c(c3)-c3cccc5cccc-4c35)c3cccc4c3-c3ccccc3C4(C)C)cc21. The Labute approximate surface area is 276 Å². The van der Waals surface area contributed by atoms with Gasteiger partial charge in [-0.3, -0.25) is 0 Å². The minimum Gasteiger partial charge on any atom is -0.310 e. The van der Waals surface area contributed by atoms with E-state index in [1.165, 1.54) is 94.6 Å². The zero-order chi connectivity index (χ0) is 31.7. The molecule has 224 valence electrons. The highest BCUT2D eigenvalue weighted by Gasteiger charge is 2.39. The molecule has 1 heteroatoms. The Hall–Kier alpha value is -5.40. The largest absolute Gasteiger partial charge is 0.310 e. The van der Waals surface area contributed by atoms with Gasteiger partial charge in [-0.05, 0) is 102 Å². The molecule has 0 aromatic heterocycles. The lowest BCUT2D eigenvalue weighted by Crippen LogP contribution is -2.17. The molecule has 10 rings (SSSR count). The van der Waals surface area contributed by atoms with E-state index in [9.17, 15) is 0 Å². The molecule has 7 aromatic carbocycles. The van der Waals surface area contributed by atoms with E-state index in [4.69, 9.17) is 0 Å². The van der Waals surface area contributed by atoms with Crippen LogP contribution in [0, 0.1) is 0 Å². The first-order valence-electron chi connectivity index (χ1n) is 16.8. The van der Waals surface area contributed by atoms with Crippen molar-refractivity contribution in [3.63, 3.8) is 0 Å². The number of anilines is 3. The topological polar surface area (TPSA) is 3.24 Å². The van der Waals surface area contributed by atoms with Crippen LogP contribution in [0.3, 0.4) is 0 Å². The fourth-order valence-corrected chi connectivity index (χ4v) is 9.10. The van der Waals surface area contributed by atoms with Gasteiger partial charge in [0.15, 0.2) is 0 Å². The lowest BCUT2D eigenvalue weighted by atomic mass is 9.82. The molecule has 0 amide bonds. The molecule has 0 saturated carbocycles. The van der Waals surface area contributed by atoms with E-state index >= 15 is 0 Å². The number of hydrogen-bond donors (Lipinski definition) is 0. The van der Waals surface area contributed by atoms with Gasteiger partial charge in [-0.25, -0.2) is 0 Å². The summed E-state index contributed by atoms with van der Waals surface area (Å²) in [5.74, 6) is 0. The summed E-state index contributed by atoms with van der Waals surface area (Å²) in [6.07, 6.45) is 0. The summed E-state index contributed by atoms with van der Waals surface area (Å²) in [4.78, 5) is 2.53. The molecule has 0 aliphatic heterocycles. The Morgan fingerprint density at radius 2 is 0.915 bits per heavy atom. The van der Waals surface area contributed by atoms with Gasteiger partial charge < -0.3 is 4.90 Å². The normalized spacial score (nSPS) is 15.1. The third-order valence-electron chi connectivity index (χ3n) is 11.4. The van der Waals surface area contributed by atoms with Crippen molar-refractivity contribution in [3.8, 4) is 44.5 Å². The van der Waals surface area contributed by atoms with Crippen molar-refractivity contribution in [1.82, 2.24) is 0 Å². The fraction of sp³-hybridized carbons (Fsp3) is 0.130. The molecule has 0 N–H and O–H groups in total. The van der Waals surface area contributed by atoms with E-state index in [0.717, 1.165) is 0 Å². The molecule has 1 nitrogen and oxygen atoms in total. The van der Waals surface area contributed by atoms with Crippen molar-refractivity contribution in [2.75, 3.05) is 4.90 Å². The molecule has 3 aliphatic rings. The van der Waals surface area contributed by atoms with Gasteiger partial charge in [0.05, 0.1) is 5.69 Å². The molecule has 0 bridgehead atoms. The van der Waals surface area contributed by atoms with Gasteiger partial charge >= 0.3 is 0 Å². The predicted molar refractivity (Wildman–Crippen MR) is 198 cm³/mol. The van der Waals surface area contributed by atoms with E-state index in [1.54, 1.807) is 0 Å². The second-order valence-corrected chi connectivity index (χ2v) is 14.5. The molecule has 0 spiro atoms. The number of hydrogen-bond acceptors (Lipinski definition) is 1. The van der Waals surface area contributed by atoms with E-state index < -0.39 is 0 Å². The number of fused-ring (bicyclic) bond motifs is 9. The molecule has 0 fully saturated rings. The Balaban J connectivity index is 1.24. The van der Waals surface area contributed by atoms with Gasteiger partial charge in [0.1, 0.15) is 0 Å². The molecule has 0 heterocycles. The smallest absolute Gasteiger partial charge is 0.0543 e. The van der Waals surface area contributed by atoms with Gasteiger partial charge in [0.2, 0.25) is 0 Å². The van der Waals surface area contributed by atoms with Gasteiger partial charge in [0, 0.05) is 27.8 Å². The highest BCUT2D eigenvalue weighted by Crippen LogP contribution is 2.56. The summed E-state index contributed by atoms with van der Waals surface area (Å²) in [5.41, 5.74) is 19.6. The van der Waals surface area contributed by atoms with Crippen LogP contribution in [0.5, 0.6) is 0 Å². The third-order valence-corrected chi connectivity index (χ3v) is 11.4. The van der Waals surface area contributed by atoms with Crippen LogP contribution in [0.15, 0.2) is 140 Å². The van der Waals surface area contributed by atoms with Crippen molar-refractivity contribution in [1.29, 1.82) is 0 Å². The van der Waals surface area contributed by atoms with Crippen LogP contribution >= 0.6 is 0 Å². The first kappa shape index (κ1) is 26.8. The molecule has 3 aliphatic carbocycles. The summed E-state index contributed by atoms with van der Waals surface area (Å²) in [6.45, 7) is 9.48. The Morgan fingerprint density at radius 1 is 0.383 bits per heavy atom. The summed E-state index contributed by atoms with van der Waals surface area (Å²) in [5, 5.41) is 2.66. The molecule has 0 unspecified atom stereocenters. The highest BCUT2D eigenvalue weighted by molar-refractivity contribution is 6.16. The van der Waals surface area contributed by atoms with E-state index in [2.05, 4.69) is 172 Å². The van der Waals surface area contributed by atoms with Crippen LogP contribution < -0.4 is 4.90 Å². The van der Waals surface area contributed by atoms with Crippen molar-refractivity contribution >= 4 is 27.8 Å². The average molecular weight is 602 g/mol. The van der Waals surface area contributed by atoms with Crippen molar-refractivity contribution < 1.29 is 0 Å². The molecule has 47 heavy (non-hydrogen) atoms. The quantitative estimate of drug-likeness (QED) is 0.195. The van der Waals surface area contributed by atoms with Gasteiger partial charge in [-0.15, -0.1) is 0 Å². The van der Waals surface area contributed by atoms with Crippen LogP contribution in [0.4, 0.5) is 17.1 Å². The van der Waals surface area contributed by atoms with E-state index in [-0.39, 0.29) is 10.8 Å². The maximum atomic E-state index is 2.53. The van der Waals surface area contributed by atoms with Crippen LogP contribution in [-0.2, 0) is 10.8 Å². The zero-order valence-electron chi connectivity index (χ0n) is 27.2. The minimum absolute atomic E-state index is 0.0790. The summed E-state index contributed by atoms with van der Waals surface area (Å²) in [7, 11) is 0. The van der Waals surface area contributed by atoms with Gasteiger partial charge in [-0.1, -0.05) is 137 Å². The lowest BCUT2D eigenvalue weighted by Gasteiger charge is -2.30. The maximum Gasteiger partial charge on any atom is 0.0543 e. The van der Waals surface area contributed by atoms with Crippen LogP contribution in [0.2, 0.25) is 0 Å². The van der Waals surface area contributed by atoms with Crippen molar-refractivity contribution in [2.24, 2.45) is 0 Å². The Kier molecular flexibility index (Phi) is 5.19. The number of benzene rings is 7. The number of nitrogens with zero attached hydrogens (tertiary/aromatic N) is 1. The summed E-state index contributed by atoms with van der Waals surface area (Å²) in [6, 6.07) is 52.5. The molecule has 0 radical (unpaired) electrons. The van der Waals surface area contributed by atoms with Crippen molar-refractivity contribution in [2.45, 2.75) is 38.5 Å². The third kappa shape index (κ3) is 3.44. The fourth-order valence-electron chi connectivity index (χ4n) is 9.10. The molecular formula is C46H35N. The maximum absolute atomic E-state index is 2.53. The first-order chi connectivity index (χ1) is 22.8. The van der Waals surface area contributed by atoms with Crippen LogP contribution in [-0.4, -0.2) is 0 Å². The van der Waals surface area contributed by atoms with Gasteiger partial charge in [0.25, 0.3) is 0 Å². The predicted octanol–water partition coefficient (Wildman–Crippen LogP) is 12.6. The standard InChI is InChI=1S/C46H35N/c1-45(2)39-19-8-6-15-36(39)44-40(45)20-11-21-42(44)47(30-23-25-33-32-14-5-7-18-38(32)46(3,4)41(33)27-30)29-22-24-31-34-16-9-12-28-13-10-17-35(43(28)34)37(31)26-29/h5-27H,1-4H3. The zero-order valence-corrected chi connectivity index (χ0v) is 27.2. The Morgan fingerprint density at radius 3 is 1.68 bits per heavy atom. The summed E-state index contributed by atoms with van der Waals surface area (Å²) >= 11 is 0. The molecular weight excluding hydrogens is 567 g/mol. The van der Waals surface area contributed by atoms with E-state index in [0.29, 0.717) is 0 Å². The van der Waals surface area contributed by atoms with Gasteiger partial charge in [-0.2, -0.15) is 0 Å². The highest BCUT2D eigenvalue weighted by atomic mass is 15.1.